The molecule has 1 saturated heterocycles. The minimum absolute atomic E-state index is 0.123. The van der Waals surface area contributed by atoms with Gasteiger partial charge in [-0.1, -0.05) is 30.2 Å². The zero-order valence-corrected chi connectivity index (χ0v) is 18.2. The smallest absolute Gasteiger partial charge is 0.319 e. The summed E-state index contributed by atoms with van der Waals surface area (Å²) in [6, 6.07) is 13.6. The second-order valence-electron chi connectivity index (χ2n) is 7.48. The molecule has 2 aromatic carbocycles. The van der Waals surface area contributed by atoms with E-state index in [1.165, 1.54) is 0 Å². The zero-order chi connectivity index (χ0) is 21.6. The number of hydrogen-bond donors (Lipinski definition) is 2. The SMILES string of the molecule is COc1cccc(NC(=O)NCCC2CCCCN2S(=O)(=O)c2ccc(C)cc2)c1. The number of nitrogens with one attached hydrogen (secondary N) is 2. The monoisotopic (exact) mass is 431 g/mol. The fraction of sp³-hybridized carbons (Fsp3) is 0.409. The average molecular weight is 432 g/mol. The Morgan fingerprint density at radius 2 is 1.93 bits per heavy atom. The number of piperidine rings is 1. The number of rotatable bonds is 7. The van der Waals surface area contributed by atoms with Gasteiger partial charge in [0, 0.05) is 30.9 Å². The number of methoxy groups -OCH3 is 1. The first-order valence-electron chi connectivity index (χ1n) is 10.2. The Morgan fingerprint density at radius 3 is 2.67 bits per heavy atom. The van der Waals surface area contributed by atoms with Crippen LogP contribution in [0.1, 0.15) is 31.2 Å². The number of aryl methyl sites for hydroxylation is 1. The number of carbonyl (C=O) groups excluding carboxylic acids is 1. The Morgan fingerprint density at radius 1 is 1.17 bits per heavy atom. The van der Waals surface area contributed by atoms with Crippen molar-refractivity contribution in [1.82, 2.24) is 9.62 Å². The zero-order valence-electron chi connectivity index (χ0n) is 17.4. The lowest BCUT2D eigenvalue weighted by Crippen LogP contribution is -2.45. The summed E-state index contributed by atoms with van der Waals surface area (Å²) in [4.78, 5) is 12.5. The van der Waals surface area contributed by atoms with Crippen molar-refractivity contribution in [3.8, 4) is 5.75 Å². The van der Waals surface area contributed by atoms with Crippen LogP contribution in [0, 0.1) is 6.92 Å². The first-order valence-corrected chi connectivity index (χ1v) is 11.6. The van der Waals surface area contributed by atoms with Gasteiger partial charge in [0.05, 0.1) is 12.0 Å². The highest BCUT2D eigenvalue weighted by Crippen LogP contribution is 2.27. The molecule has 1 aliphatic rings. The van der Waals surface area contributed by atoms with Crippen molar-refractivity contribution in [3.63, 3.8) is 0 Å². The third-order valence-electron chi connectivity index (χ3n) is 5.29. The molecule has 0 aliphatic carbocycles. The molecule has 7 nitrogen and oxygen atoms in total. The van der Waals surface area contributed by atoms with Gasteiger partial charge in [-0.3, -0.25) is 0 Å². The molecule has 3 rings (SSSR count). The van der Waals surface area contributed by atoms with E-state index < -0.39 is 10.0 Å². The number of amides is 2. The van der Waals surface area contributed by atoms with Gasteiger partial charge in [-0.2, -0.15) is 4.31 Å². The van der Waals surface area contributed by atoms with Crippen LogP contribution in [0.5, 0.6) is 5.75 Å². The average Bonchev–Trinajstić information content (AvgIpc) is 2.74. The molecule has 1 unspecified atom stereocenters. The summed E-state index contributed by atoms with van der Waals surface area (Å²) in [6.07, 6.45) is 3.20. The molecule has 1 aliphatic heterocycles. The molecule has 1 atom stereocenters. The van der Waals surface area contributed by atoms with E-state index in [4.69, 9.17) is 4.74 Å². The molecule has 2 amide bonds. The van der Waals surface area contributed by atoms with Gasteiger partial charge >= 0.3 is 6.03 Å². The maximum absolute atomic E-state index is 13.1. The van der Waals surface area contributed by atoms with Gasteiger partial charge in [0.1, 0.15) is 5.75 Å². The molecular formula is C22H29N3O4S. The molecule has 1 fully saturated rings. The number of carbonyl (C=O) groups is 1. The Balaban J connectivity index is 1.57. The van der Waals surface area contributed by atoms with E-state index in [1.807, 2.05) is 19.1 Å². The first-order chi connectivity index (χ1) is 14.4. The second-order valence-corrected chi connectivity index (χ2v) is 9.37. The maximum Gasteiger partial charge on any atom is 0.319 e. The summed E-state index contributed by atoms with van der Waals surface area (Å²) in [5.41, 5.74) is 1.66. The van der Waals surface area contributed by atoms with Crippen molar-refractivity contribution in [2.75, 3.05) is 25.5 Å². The normalized spacial score (nSPS) is 17.3. The quantitative estimate of drug-likeness (QED) is 0.699. The predicted octanol–water partition coefficient (Wildman–Crippen LogP) is 3.76. The topological polar surface area (TPSA) is 87.7 Å². The van der Waals surface area contributed by atoms with Crippen LogP contribution in [-0.4, -0.2) is 45.0 Å². The second kappa shape index (κ2) is 9.95. The Labute approximate surface area is 178 Å². The molecule has 0 radical (unpaired) electrons. The van der Waals surface area contributed by atoms with Crippen LogP contribution in [0.15, 0.2) is 53.4 Å². The lowest BCUT2D eigenvalue weighted by Gasteiger charge is -2.34. The Kier molecular flexibility index (Phi) is 7.33. The fourth-order valence-electron chi connectivity index (χ4n) is 3.65. The minimum atomic E-state index is -3.54. The number of nitrogens with zero attached hydrogens (tertiary/aromatic N) is 1. The molecule has 8 heteroatoms. The van der Waals surface area contributed by atoms with Crippen molar-refractivity contribution in [2.24, 2.45) is 0 Å². The molecule has 0 bridgehead atoms. The third kappa shape index (κ3) is 5.52. The molecule has 0 saturated carbocycles. The highest BCUT2D eigenvalue weighted by Gasteiger charge is 2.33. The molecule has 1 heterocycles. The summed E-state index contributed by atoms with van der Waals surface area (Å²) >= 11 is 0. The van der Waals surface area contributed by atoms with Gasteiger partial charge in [-0.15, -0.1) is 0 Å². The molecular weight excluding hydrogens is 402 g/mol. The van der Waals surface area contributed by atoms with Crippen molar-refractivity contribution in [1.29, 1.82) is 0 Å². The van der Waals surface area contributed by atoms with Crippen molar-refractivity contribution in [2.45, 2.75) is 43.5 Å². The van der Waals surface area contributed by atoms with E-state index in [1.54, 1.807) is 47.8 Å². The molecule has 162 valence electrons. The lowest BCUT2D eigenvalue weighted by molar-refractivity contribution is 0.234. The Hall–Kier alpha value is -2.58. The lowest BCUT2D eigenvalue weighted by atomic mass is 10.0. The van der Waals surface area contributed by atoms with E-state index in [9.17, 15) is 13.2 Å². The van der Waals surface area contributed by atoms with Crippen LogP contribution < -0.4 is 15.4 Å². The van der Waals surface area contributed by atoms with Gasteiger partial charge in [0.15, 0.2) is 0 Å². The highest BCUT2D eigenvalue weighted by molar-refractivity contribution is 7.89. The molecule has 2 aromatic rings. The fourth-order valence-corrected chi connectivity index (χ4v) is 5.38. The first kappa shape index (κ1) is 22.1. The number of urea groups is 1. The summed E-state index contributed by atoms with van der Waals surface area (Å²) in [6.45, 7) is 2.83. The summed E-state index contributed by atoms with van der Waals surface area (Å²) < 4.78 is 33.0. The summed E-state index contributed by atoms with van der Waals surface area (Å²) in [7, 11) is -1.97. The minimum Gasteiger partial charge on any atom is -0.497 e. The van der Waals surface area contributed by atoms with Crippen molar-refractivity contribution >= 4 is 21.7 Å². The van der Waals surface area contributed by atoms with Crippen LogP contribution in [0.4, 0.5) is 10.5 Å². The van der Waals surface area contributed by atoms with E-state index in [2.05, 4.69) is 10.6 Å². The summed E-state index contributed by atoms with van der Waals surface area (Å²) in [5.74, 6) is 0.659. The van der Waals surface area contributed by atoms with Crippen LogP contribution in [-0.2, 0) is 10.0 Å². The Bertz CT molecular complexity index is 961. The van der Waals surface area contributed by atoms with Crippen LogP contribution in [0.25, 0.3) is 0 Å². The van der Waals surface area contributed by atoms with E-state index in [0.717, 1.165) is 24.8 Å². The van der Waals surface area contributed by atoms with E-state index >= 15 is 0 Å². The maximum atomic E-state index is 13.1. The van der Waals surface area contributed by atoms with Crippen LogP contribution in [0.2, 0.25) is 0 Å². The van der Waals surface area contributed by atoms with Crippen LogP contribution >= 0.6 is 0 Å². The van der Waals surface area contributed by atoms with E-state index in [-0.39, 0.29) is 12.1 Å². The standard InChI is InChI=1S/C22H29N3O4S/c1-17-9-11-21(12-10-17)30(27,28)25-15-4-3-7-19(25)13-14-23-22(26)24-18-6-5-8-20(16-18)29-2/h5-6,8-12,16,19H,3-4,7,13-15H2,1-2H3,(H2,23,24,26). The number of hydrogen-bond acceptors (Lipinski definition) is 4. The van der Waals surface area contributed by atoms with Gasteiger partial charge in [0.25, 0.3) is 0 Å². The number of anilines is 1. The van der Waals surface area contributed by atoms with E-state index in [0.29, 0.717) is 35.8 Å². The number of sulfonamides is 1. The number of ether oxygens (including phenoxy) is 1. The van der Waals surface area contributed by atoms with Gasteiger partial charge in [0.2, 0.25) is 10.0 Å². The largest absolute Gasteiger partial charge is 0.497 e. The molecule has 0 aromatic heterocycles. The highest BCUT2D eigenvalue weighted by atomic mass is 32.2. The van der Waals surface area contributed by atoms with Crippen LogP contribution in [0.3, 0.4) is 0 Å². The van der Waals surface area contributed by atoms with Gasteiger partial charge in [-0.25, -0.2) is 13.2 Å². The molecule has 2 N–H and O–H groups in total. The van der Waals surface area contributed by atoms with Gasteiger partial charge in [-0.05, 0) is 50.5 Å². The predicted molar refractivity (Wildman–Crippen MR) is 117 cm³/mol. The third-order valence-corrected chi connectivity index (χ3v) is 7.26. The molecule has 0 spiro atoms. The van der Waals surface area contributed by atoms with Crippen molar-refractivity contribution < 1.29 is 17.9 Å². The number of benzene rings is 2. The van der Waals surface area contributed by atoms with Crippen molar-refractivity contribution in [3.05, 3.63) is 54.1 Å². The molecule has 30 heavy (non-hydrogen) atoms. The van der Waals surface area contributed by atoms with Gasteiger partial charge < -0.3 is 15.4 Å². The summed E-state index contributed by atoms with van der Waals surface area (Å²) in [5, 5.41) is 5.59.